The van der Waals surface area contributed by atoms with Crippen molar-refractivity contribution in [3.05, 3.63) is 63.8 Å². The first-order valence-electron chi connectivity index (χ1n) is 9.35. The van der Waals surface area contributed by atoms with Crippen LogP contribution in [0.5, 0.6) is 23.1 Å². The largest absolute Gasteiger partial charge is 0.493 e. The van der Waals surface area contributed by atoms with Crippen molar-refractivity contribution in [3.8, 4) is 40.5 Å². The standard InChI is InChI=1S/C22H18ClFN4O4/c1-29-14-7-10(8-15(30-2)20(14)31-3)19-18-16(17-12(23)5-4-6-13(17)24)11(9-25)21(26)32-22(18)28-27-19/h4-8,16H,26H2,1-3H3,(H,27,28)/t16-/m0/s1. The van der Waals surface area contributed by atoms with Crippen LogP contribution in [0.4, 0.5) is 4.39 Å². The molecule has 164 valence electrons. The molecule has 0 amide bonds. The molecule has 3 N–H and O–H groups in total. The Bertz CT molecular complexity index is 1240. The molecule has 8 nitrogen and oxygen atoms in total. The first kappa shape index (κ1) is 21.3. The molecule has 3 aromatic rings. The molecule has 2 heterocycles. The molecule has 0 unspecified atom stereocenters. The SMILES string of the molecule is COc1cc(-c2[nH]nc3c2[C@H](c2c(F)cccc2Cl)C(C#N)=C(N)O3)cc(OC)c1OC. The Balaban J connectivity index is 2.01. The van der Waals surface area contributed by atoms with Crippen LogP contribution in [0.3, 0.4) is 0 Å². The Morgan fingerprint density at radius 3 is 2.41 bits per heavy atom. The van der Waals surface area contributed by atoms with E-state index in [1.54, 1.807) is 18.2 Å². The van der Waals surface area contributed by atoms with E-state index in [4.69, 9.17) is 36.3 Å². The average Bonchev–Trinajstić information content (AvgIpc) is 3.21. The fourth-order valence-electron chi connectivity index (χ4n) is 3.77. The number of nitrogens with zero attached hydrogens (tertiary/aromatic N) is 2. The van der Waals surface area contributed by atoms with Crippen LogP contribution in [-0.2, 0) is 0 Å². The smallest absolute Gasteiger partial charge is 0.244 e. The summed E-state index contributed by atoms with van der Waals surface area (Å²) < 4.78 is 36.8. The third-order valence-corrected chi connectivity index (χ3v) is 5.51. The van der Waals surface area contributed by atoms with E-state index < -0.39 is 11.7 Å². The molecule has 10 heteroatoms. The number of halogens is 2. The first-order chi connectivity index (χ1) is 15.4. The number of aromatic amines is 1. The molecule has 0 fully saturated rings. The van der Waals surface area contributed by atoms with Gasteiger partial charge in [-0.2, -0.15) is 5.26 Å². The van der Waals surface area contributed by atoms with Gasteiger partial charge >= 0.3 is 0 Å². The second-order valence-electron chi connectivity index (χ2n) is 6.79. The molecule has 0 saturated heterocycles. The zero-order valence-electron chi connectivity index (χ0n) is 17.3. The van der Waals surface area contributed by atoms with Crippen molar-refractivity contribution in [2.75, 3.05) is 21.3 Å². The van der Waals surface area contributed by atoms with Crippen LogP contribution >= 0.6 is 11.6 Å². The molecule has 1 atom stereocenters. The number of nitriles is 1. The van der Waals surface area contributed by atoms with E-state index in [9.17, 15) is 9.65 Å². The molecule has 1 aliphatic rings. The number of hydrogen-bond acceptors (Lipinski definition) is 7. The van der Waals surface area contributed by atoms with Gasteiger partial charge in [0.2, 0.25) is 17.5 Å². The van der Waals surface area contributed by atoms with Gasteiger partial charge in [-0.1, -0.05) is 17.7 Å². The maximum Gasteiger partial charge on any atom is 0.244 e. The topological polar surface area (TPSA) is 115 Å². The van der Waals surface area contributed by atoms with Gasteiger partial charge in [-0.15, -0.1) is 5.10 Å². The number of aromatic nitrogens is 2. The minimum atomic E-state index is -0.953. The zero-order valence-corrected chi connectivity index (χ0v) is 18.1. The van der Waals surface area contributed by atoms with Crippen molar-refractivity contribution < 1.29 is 23.3 Å². The Hall–Kier alpha value is -3.90. The van der Waals surface area contributed by atoms with Gasteiger partial charge in [-0.25, -0.2) is 4.39 Å². The van der Waals surface area contributed by atoms with E-state index in [-0.39, 0.29) is 27.9 Å². The summed E-state index contributed by atoms with van der Waals surface area (Å²) in [5.41, 5.74) is 7.50. The van der Waals surface area contributed by atoms with Crippen molar-refractivity contribution in [1.82, 2.24) is 10.2 Å². The molecule has 0 radical (unpaired) electrons. The van der Waals surface area contributed by atoms with Gasteiger partial charge in [0.1, 0.15) is 17.5 Å². The summed E-state index contributed by atoms with van der Waals surface area (Å²) in [6.07, 6.45) is 0. The number of benzene rings is 2. The number of rotatable bonds is 5. The summed E-state index contributed by atoms with van der Waals surface area (Å²) in [4.78, 5) is 0. The molecule has 32 heavy (non-hydrogen) atoms. The number of nitrogens with one attached hydrogen (secondary N) is 1. The third-order valence-electron chi connectivity index (χ3n) is 5.18. The second kappa shape index (κ2) is 8.32. The number of methoxy groups -OCH3 is 3. The number of allylic oxidation sites excluding steroid dienone is 1. The fraction of sp³-hybridized carbons (Fsp3) is 0.182. The Kier molecular flexibility index (Phi) is 5.55. The summed E-state index contributed by atoms with van der Waals surface area (Å²) >= 11 is 6.36. The summed E-state index contributed by atoms with van der Waals surface area (Å²) in [6.45, 7) is 0. The van der Waals surface area contributed by atoms with E-state index in [1.165, 1.54) is 33.5 Å². The van der Waals surface area contributed by atoms with E-state index in [0.29, 0.717) is 34.1 Å². The van der Waals surface area contributed by atoms with Crippen LogP contribution in [0.1, 0.15) is 17.0 Å². The summed E-state index contributed by atoms with van der Waals surface area (Å²) in [7, 11) is 4.48. The van der Waals surface area contributed by atoms with E-state index >= 15 is 0 Å². The van der Waals surface area contributed by atoms with Crippen LogP contribution in [0.15, 0.2) is 41.8 Å². The number of ether oxygens (including phenoxy) is 4. The average molecular weight is 457 g/mol. The van der Waals surface area contributed by atoms with Crippen LogP contribution in [0.2, 0.25) is 5.02 Å². The van der Waals surface area contributed by atoms with Gasteiger partial charge < -0.3 is 24.7 Å². The van der Waals surface area contributed by atoms with Crippen molar-refractivity contribution in [2.24, 2.45) is 5.73 Å². The second-order valence-corrected chi connectivity index (χ2v) is 7.20. The molecule has 1 aliphatic heterocycles. The number of H-pyrrole nitrogens is 1. The predicted molar refractivity (Wildman–Crippen MR) is 114 cm³/mol. The molecule has 0 spiro atoms. The van der Waals surface area contributed by atoms with Crippen molar-refractivity contribution >= 4 is 11.6 Å². The number of fused-ring (bicyclic) bond motifs is 1. The lowest BCUT2D eigenvalue weighted by atomic mass is 9.82. The molecule has 0 bridgehead atoms. The molecular formula is C22H18ClFN4O4. The lowest BCUT2D eigenvalue weighted by Crippen LogP contribution is -2.21. The minimum Gasteiger partial charge on any atom is -0.493 e. The summed E-state index contributed by atoms with van der Waals surface area (Å²) in [5, 5.41) is 17.0. The lowest BCUT2D eigenvalue weighted by Gasteiger charge is -2.25. The van der Waals surface area contributed by atoms with Crippen LogP contribution in [-0.4, -0.2) is 31.5 Å². The maximum atomic E-state index is 15.0. The molecule has 2 aromatic carbocycles. The highest BCUT2D eigenvalue weighted by atomic mass is 35.5. The lowest BCUT2D eigenvalue weighted by molar-refractivity contribution is 0.324. The monoisotopic (exact) mass is 456 g/mol. The van der Waals surface area contributed by atoms with E-state index in [1.807, 2.05) is 6.07 Å². The van der Waals surface area contributed by atoms with Crippen LogP contribution in [0.25, 0.3) is 11.3 Å². The molecule has 0 saturated carbocycles. The molecule has 4 rings (SSSR count). The van der Waals surface area contributed by atoms with Crippen molar-refractivity contribution in [2.45, 2.75) is 5.92 Å². The number of nitrogens with two attached hydrogens (primary N) is 1. The van der Waals surface area contributed by atoms with E-state index in [2.05, 4.69) is 10.2 Å². The highest BCUT2D eigenvalue weighted by Gasteiger charge is 2.38. The Labute approximate surface area is 187 Å². The molecule has 1 aromatic heterocycles. The quantitative estimate of drug-likeness (QED) is 0.593. The number of hydrogen-bond donors (Lipinski definition) is 2. The third kappa shape index (κ3) is 3.25. The van der Waals surface area contributed by atoms with Crippen LogP contribution in [0, 0.1) is 17.1 Å². The van der Waals surface area contributed by atoms with Crippen molar-refractivity contribution in [1.29, 1.82) is 5.26 Å². The van der Waals surface area contributed by atoms with Crippen molar-refractivity contribution in [3.63, 3.8) is 0 Å². The summed E-state index contributed by atoms with van der Waals surface area (Å²) in [6, 6.07) is 9.71. The normalized spacial score (nSPS) is 14.9. The summed E-state index contributed by atoms with van der Waals surface area (Å²) in [5.74, 6) is -0.407. The highest BCUT2D eigenvalue weighted by molar-refractivity contribution is 6.31. The van der Waals surface area contributed by atoms with Gasteiger partial charge in [-0.05, 0) is 24.3 Å². The minimum absolute atomic E-state index is 0.0135. The molecular weight excluding hydrogens is 439 g/mol. The highest BCUT2D eigenvalue weighted by Crippen LogP contribution is 2.49. The van der Waals surface area contributed by atoms with Crippen LogP contribution < -0.4 is 24.7 Å². The van der Waals surface area contributed by atoms with Gasteiger partial charge in [0, 0.05) is 16.1 Å². The maximum absolute atomic E-state index is 15.0. The van der Waals surface area contributed by atoms with Gasteiger partial charge in [0.15, 0.2) is 11.5 Å². The first-order valence-corrected chi connectivity index (χ1v) is 9.73. The zero-order chi connectivity index (χ0) is 23.0. The Morgan fingerprint density at radius 2 is 1.84 bits per heavy atom. The van der Waals surface area contributed by atoms with Gasteiger partial charge in [0.05, 0.1) is 38.5 Å². The molecule has 0 aliphatic carbocycles. The predicted octanol–water partition coefficient (Wildman–Crippen LogP) is 4.11. The van der Waals surface area contributed by atoms with E-state index in [0.717, 1.165) is 0 Å². The van der Waals surface area contributed by atoms with Gasteiger partial charge in [0.25, 0.3) is 0 Å². The Morgan fingerprint density at radius 1 is 1.16 bits per heavy atom. The fourth-order valence-corrected chi connectivity index (χ4v) is 4.04. The van der Waals surface area contributed by atoms with Gasteiger partial charge in [-0.3, -0.25) is 5.10 Å².